The molecule has 0 unspecified atom stereocenters. The third kappa shape index (κ3) is 2.64. The fourth-order valence-electron chi connectivity index (χ4n) is 2.49. The standard InChI is InChI=1S/C14H21N3S/c1-3-14(2)5-8-17(9-6-14)12-10-16-7-4-11(12)13(15)18/h4,7,10H,3,5-6,8-9H2,1-2H3,(H2,15,18). The van der Waals surface area contributed by atoms with Crippen LogP contribution in [-0.2, 0) is 0 Å². The van der Waals surface area contributed by atoms with E-state index in [4.69, 9.17) is 18.0 Å². The molecule has 1 fully saturated rings. The molecule has 3 nitrogen and oxygen atoms in total. The zero-order valence-electron chi connectivity index (χ0n) is 11.1. The van der Waals surface area contributed by atoms with E-state index in [1.54, 1.807) is 6.20 Å². The summed E-state index contributed by atoms with van der Waals surface area (Å²) in [5.74, 6) is 0. The Balaban J connectivity index is 2.17. The van der Waals surface area contributed by atoms with Gasteiger partial charge in [0.05, 0.1) is 11.9 Å². The van der Waals surface area contributed by atoms with Crippen molar-refractivity contribution in [3.8, 4) is 0 Å². The molecule has 2 N–H and O–H groups in total. The average Bonchev–Trinajstić information content (AvgIpc) is 2.39. The molecule has 0 aliphatic carbocycles. The maximum absolute atomic E-state index is 5.78. The Hall–Kier alpha value is -1.16. The molecule has 98 valence electrons. The van der Waals surface area contributed by atoms with E-state index < -0.39 is 0 Å². The van der Waals surface area contributed by atoms with Crippen molar-refractivity contribution in [3.05, 3.63) is 24.0 Å². The minimum Gasteiger partial charge on any atom is -0.389 e. The summed E-state index contributed by atoms with van der Waals surface area (Å²) in [5.41, 5.74) is 8.30. The number of piperidine rings is 1. The normalized spacial score (nSPS) is 18.7. The third-order valence-electron chi connectivity index (χ3n) is 4.23. The summed E-state index contributed by atoms with van der Waals surface area (Å²) in [4.78, 5) is 7.02. The van der Waals surface area contributed by atoms with Gasteiger partial charge < -0.3 is 10.6 Å². The Morgan fingerprint density at radius 2 is 2.17 bits per heavy atom. The monoisotopic (exact) mass is 263 g/mol. The van der Waals surface area contributed by atoms with Gasteiger partial charge >= 0.3 is 0 Å². The van der Waals surface area contributed by atoms with Crippen molar-refractivity contribution in [2.24, 2.45) is 11.1 Å². The van der Waals surface area contributed by atoms with Crippen LogP contribution in [0.1, 0.15) is 38.7 Å². The van der Waals surface area contributed by atoms with Crippen LogP contribution >= 0.6 is 12.2 Å². The molecular weight excluding hydrogens is 242 g/mol. The van der Waals surface area contributed by atoms with Crippen LogP contribution in [0.4, 0.5) is 5.69 Å². The number of pyridine rings is 1. The number of nitrogens with two attached hydrogens (primary N) is 1. The second-order valence-corrected chi connectivity index (χ2v) is 5.85. The van der Waals surface area contributed by atoms with Gasteiger partial charge in [-0.15, -0.1) is 0 Å². The van der Waals surface area contributed by atoms with Crippen molar-refractivity contribution in [2.75, 3.05) is 18.0 Å². The Bertz CT molecular complexity index is 436. The maximum atomic E-state index is 5.78. The summed E-state index contributed by atoms with van der Waals surface area (Å²) in [5, 5.41) is 0. The van der Waals surface area contributed by atoms with Crippen LogP contribution in [0, 0.1) is 5.41 Å². The first kappa shape index (κ1) is 13.3. The number of thiocarbonyl (C=S) groups is 1. The molecule has 0 amide bonds. The van der Waals surface area contributed by atoms with Gasteiger partial charge in [-0.1, -0.05) is 32.5 Å². The smallest absolute Gasteiger partial charge is 0.106 e. The fraction of sp³-hybridized carbons (Fsp3) is 0.571. The third-order valence-corrected chi connectivity index (χ3v) is 4.45. The molecule has 4 heteroatoms. The Kier molecular flexibility index (Phi) is 3.85. The minimum atomic E-state index is 0.455. The highest BCUT2D eigenvalue weighted by atomic mass is 32.1. The Morgan fingerprint density at radius 1 is 1.50 bits per heavy atom. The van der Waals surface area contributed by atoms with Gasteiger partial charge in [-0.3, -0.25) is 4.98 Å². The lowest BCUT2D eigenvalue weighted by molar-refractivity contribution is 0.238. The van der Waals surface area contributed by atoms with Gasteiger partial charge in [0.2, 0.25) is 0 Å². The minimum absolute atomic E-state index is 0.455. The second kappa shape index (κ2) is 5.22. The largest absolute Gasteiger partial charge is 0.389 e. The van der Waals surface area contributed by atoms with Crippen molar-refractivity contribution >= 4 is 22.9 Å². The SMILES string of the molecule is CCC1(C)CCN(c2cnccc2C(N)=S)CC1. The van der Waals surface area contributed by atoms with Gasteiger partial charge in [-0.25, -0.2) is 0 Å². The predicted octanol–water partition coefficient (Wildman–Crippen LogP) is 2.73. The molecule has 1 aliphatic rings. The Labute approximate surface area is 114 Å². The number of nitrogens with zero attached hydrogens (tertiary/aromatic N) is 2. The first-order chi connectivity index (χ1) is 8.56. The summed E-state index contributed by atoms with van der Waals surface area (Å²) in [7, 11) is 0. The van der Waals surface area contributed by atoms with Gasteiger partial charge in [0, 0.05) is 24.8 Å². The van der Waals surface area contributed by atoms with Crippen molar-refractivity contribution in [3.63, 3.8) is 0 Å². The molecule has 1 aromatic rings. The molecule has 0 radical (unpaired) electrons. The van der Waals surface area contributed by atoms with E-state index in [9.17, 15) is 0 Å². The lowest BCUT2D eigenvalue weighted by Crippen LogP contribution is -2.39. The number of anilines is 1. The van der Waals surface area contributed by atoms with Crippen LogP contribution in [0.3, 0.4) is 0 Å². The Morgan fingerprint density at radius 3 is 2.72 bits per heavy atom. The summed E-state index contributed by atoms with van der Waals surface area (Å²) < 4.78 is 0. The van der Waals surface area contributed by atoms with E-state index in [1.807, 2.05) is 12.3 Å². The van der Waals surface area contributed by atoms with E-state index in [0.29, 0.717) is 10.4 Å². The van der Waals surface area contributed by atoms with Crippen molar-refractivity contribution in [1.82, 2.24) is 4.98 Å². The van der Waals surface area contributed by atoms with E-state index in [1.165, 1.54) is 19.3 Å². The van der Waals surface area contributed by atoms with E-state index in [-0.39, 0.29) is 0 Å². The quantitative estimate of drug-likeness (QED) is 0.852. The molecule has 0 saturated carbocycles. The summed E-state index contributed by atoms with van der Waals surface area (Å²) in [6.07, 6.45) is 7.31. The van der Waals surface area contributed by atoms with Crippen LogP contribution in [0.15, 0.2) is 18.5 Å². The lowest BCUT2D eigenvalue weighted by Gasteiger charge is -2.40. The molecule has 2 heterocycles. The fourth-order valence-corrected chi connectivity index (χ4v) is 2.66. The molecule has 2 rings (SSSR count). The summed E-state index contributed by atoms with van der Waals surface area (Å²) in [6, 6.07) is 1.91. The first-order valence-corrected chi connectivity index (χ1v) is 6.95. The van der Waals surface area contributed by atoms with Crippen LogP contribution in [0.25, 0.3) is 0 Å². The van der Waals surface area contributed by atoms with Crippen LogP contribution in [0.2, 0.25) is 0 Å². The topological polar surface area (TPSA) is 42.2 Å². The van der Waals surface area contributed by atoms with Gasteiger partial charge in [0.15, 0.2) is 0 Å². The van der Waals surface area contributed by atoms with Gasteiger partial charge in [0.1, 0.15) is 4.99 Å². The van der Waals surface area contributed by atoms with E-state index in [2.05, 4.69) is 23.7 Å². The van der Waals surface area contributed by atoms with Crippen molar-refractivity contribution < 1.29 is 0 Å². The number of hydrogen-bond donors (Lipinski definition) is 1. The summed E-state index contributed by atoms with van der Waals surface area (Å²) >= 11 is 5.11. The molecule has 1 aromatic heterocycles. The summed E-state index contributed by atoms with van der Waals surface area (Å²) in [6.45, 7) is 6.78. The highest BCUT2D eigenvalue weighted by Crippen LogP contribution is 2.36. The van der Waals surface area contributed by atoms with Crippen LogP contribution in [0.5, 0.6) is 0 Å². The van der Waals surface area contributed by atoms with E-state index in [0.717, 1.165) is 24.3 Å². The molecule has 1 saturated heterocycles. The highest BCUT2D eigenvalue weighted by molar-refractivity contribution is 7.80. The van der Waals surface area contributed by atoms with E-state index >= 15 is 0 Å². The molecule has 0 spiro atoms. The average molecular weight is 263 g/mol. The molecule has 0 bridgehead atoms. The molecule has 0 atom stereocenters. The number of hydrogen-bond acceptors (Lipinski definition) is 3. The zero-order chi connectivity index (χ0) is 13.2. The lowest BCUT2D eigenvalue weighted by atomic mass is 9.78. The molecular formula is C14H21N3S. The van der Waals surface area contributed by atoms with Crippen LogP contribution < -0.4 is 10.6 Å². The van der Waals surface area contributed by atoms with Crippen molar-refractivity contribution in [2.45, 2.75) is 33.1 Å². The van der Waals surface area contributed by atoms with Crippen molar-refractivity contribution in [1.29, 1.82) is 0 Å². The maximum Gasteiger partial charge on any atom is 0.106 e. The van der Waals surface area contributed by atoms with Gasteiger partial charge in [0.25, 0.3) is 0 Å². The predicted molar refractivity (Wildman–Crippen MR) is 80.0 cm³/mol. The molecule has 0 aromatic carbocycles. The molecule has 18 heavy (non-hydrogen) atoms. The van der Waals surface area contributed by atoms with Gasteiger partial charge in [-0.2, -0.15) is 0 Å². The van der Waals surface area contributed by atoms with Gasteiger partial charge in [-0.05, 0) is 24.3 Å². The second-order valence-electron chi connectivity index (χ2n) is 5.41. The zero-order valence-corrected chi connectivity index (χ0v) is 12.0. The van der Waals surface area contributed by atoms with Crippen LogP contribution in [-0.4, -0.2) is 23.1 Å². The molecule has 1 aliphatic heterocycles. The number of aromatic nitrogens is 1. The highest BCUT2D eigenvalue weighted by Gasteiger charge is 2.29. The first-order valence-electron chi connectivity index (χ1n) is 6.54. The number of rotatable bonds is 3.